The number of hydrogen-bond acceptors (Lipinski definition) is 4. The Morgan fingerprint density at radius 2 is 0.773 bits per heavy atom. The van der Waals surface area contributed by atoms with E-state index in [-0.39, 0.29) is 46.3 Å². The Hall–Kier alpha value is -2.92. The lowest BCUT2D eigenvalue weighted by molar-refractivity contribution is -0.688. The van der Waals surface area contributed by atoms with Crippen LogP contribution in [0.15, 0.2) is 110 Å². The first-order valence-electron chi connectivity index (χ1n) is 13.1. The third-order valence-corrected chi connectivity index (χ3v) is 8.15. The van der Waals surface area contributed by atoms with E-state index in [0.717, 1.165) is 33.6 Å². The van der Waals surface area contributed by atoms with Crippen molar-refractivity contribution in [3.63, 3.8) is 0 Å². The van der Waals surface area contributed by atoms with Crippen LogP contribution in [0.5, 0.6) is 0 Å². The van der Waals surface area contributed by atoms with E-state index in [0.29, 0.717) is 24.2 Å². The van der Waals surface area contributed by atoms with Gasteiger partial charge < -0.3 is 53.5 Å². The highest BCUT2D eigenvalue weighted by atomic mass is 79.9. The predicted molar refractivity (Wildman–Crippen MR) is 156 cm³/mol. The Labute approximate surface area is 276 Å². The van der Waals surface area contributed by atoms with Crippen LogP contribution in [-0.2, 0) is 34.5 Å². The van der Waals surface area contributed by atoms with Gasteiger partial charge >= 0.3 is 15.2 Å². The maximum Gasteiger partial charge on any atom is 0.329 e. The Balaban J connectivity index is 0.00000264. The Morgan fingerprint density at radius 1 is 0.477 bits per heavy atom. The molecule has 0 saturated heterocycles. The molecule has 0 saturated carbocycles. The average molecular weight is 764 g/mol. The number of pyridine rings is 2. The molecule has 0 atom stereocenters. The average Bonchev–Trinajstić information content (AvgIpc) is 2.95. The van der Waals surface area contributed by atoms with Gasteiger partial charge in [0.25, 0.3) is 0 Å². The van der Waals surface area contributed by atoms with Crippen molar-refractivity contribution in [2.45, 2.75) is 25.4 Å². The number of aromatic nitrogens is 4. The maximum atomic E-state index is 11.2. The van der Waals surface area contributed by atoms with E-state index >= 15 is 0 Å². The summed E-state index contributed by atoms with van der Waals surface area (Å²) >= 11 is 0. The molecule has 5 aromatic rings. The fraction of sp³-hybridized carbons (Fsp3) is 0.133. The first-order chi connectivity index (χ1) is 20.0. The molecule has 0 bridgehead atoms. The molecular weight excluding hydrogens is 734 g/mol. The molecule has 0 spiro atoms. The summed E-state index contributed by atoms with van der Waals surface area (Å²) < 4.78 is 26.4. The van der Waals surface area contributed by atoms with Crippen LogP contribution >= 0.6 is 15.2 Å². The summed E-state index contributed by atoms with van der Waals surface area (Å²) in [7, 11) is -8.16. The van der Waals surface area contributed by atoms with Gasteiger partial charge in [-0.15, -0.1) is 10.2 Å². The fourth-order valence-corrected chi connectivity index (χ4v) is 5.88. The van der Waals surface area contributed by atoms with Crippen LogP contribution in [0.25, 0.3) is 22.5 Å². The highest BCUT2D eigenvalue weighted by molar-refractivity contribution is 7.51. The Bertz CT molecular complexity index is 1620. The highest BCUT2D eigenvalue weighted by Crippen LogP contribution is 2.39. The molecule has 0 amide bonds. The quantitative estimate of drug-likeness (QED) is 0.0931. The second-order valence-corrected chi connectivity index (χ2v) is 13.4. The number of hydrogen-bond donors (Lipinski definition) is 4. The number of benzene rings is 2. The van der Waals surface area contributed by atoms with Crippen molar-refractivity contribution >= 4 is 15.2 Å². The van der Waals surface area contributed by atoms with Crippen LogP contribution in [-0.4, -0.2) is 29.8 Å². The molecular formula is C30H30Br2N4O6P2. The van der Waals surface area contributed by atoms with Gasteiger partial charge in [-0.3, -0.25) is 9.13 Å². The molecule has 230 valence electrons. The summed E-state index contributed by atoms with van der Waals surface area (Å²) in [5, 5.41) is 8.83. The van der Waals surface area contributed by atoms with E-state index in [1.807, 2.05) is 94.6 Å². The Kier molecular flexibility index (Phi) is 12.4. The van der Waals surface area contributed by atoms with Crippen LogP contribution in [0.2, 0.25) is 0 Å². The maximum absolute atomic E-state index is 11.2. The Morgan fingerprint density at radius 3 is 1.05 bits per heavy atom. The van der Waals surface area contributed by atoms with Crippen LogP contribution in [0.3, 0.4) is 0 Å². The minimum atomic E-state index is -4.08. The standard InChI is InChI=1S/C30H28N4O6P2.2BrH/c35-41(36,37)21-25-5-1-23(2-6-25)19-33-15-11-27(12-16-33)29-9-10-30(32-31-29)28-13-17-34(18-14-28)20-24-3-7-26(8-4-24)22-42(38,39)40;;/h1-18H,19-22H2,(H2-2,35,36,37,38,39,40);2*1H. The summed E-state index contributed by atoms with van der Waals surface area (Å²) in [5.41, 5.74) is 6.62. The molecule has 10 nitrogen and oxygen atoms in total. The monoisotopic (exact) mass is 762 g/mol. The SMILES string of the molecule is O=P(O)(O)Cc1ccc(C[n+]2ccc(-c3ccc(-c4cc[n+](Cc5ccc(CP(=O)(O)O)cc5)cc4)nn3)cc2)cc1.[Br-].[Br-]. The first-order valence-corrected chi connectivity index (χ1v) is 16.7. The normalized spacial score (nSPS) is 11.4. The van der Waals surface area contributed by atoms with Crippen molar-refractivity contribution in [2.24, 2.45) is 0 Å². The van der Waals surface area contributed by atoms with Crippen LogP contribution < -0.4 is 43.1 Å². The molecule has 0 radical (unpaired) electrons. The summed E-state index contributed by atoms with van der Waals surface area (Å²) in [4.78, 5) is 36.5. The largest absolute Gasteiger partial charge is 1.00 e. The van der Waals surface area contributed by atoms with Crippen molar-refractivity contribution < 1.29 is 71.8 Å². The first kappa shape index (κ1) is 35.6. The number of rotatable bonds is 10. The number of nitrogens with zero attached hydrogens (tertiary/aromatic N) is 4. The topological polar surface area (TPSA) is 149 Å². The second kappa shape index (κ2) is 15.4. The van der Waals surface area contributed by atoms with Crippen molar-refractivity contribution in [1.29, 1.82) is 0 Å². The van der Waals surface area contributed by atoms with Crippen LogP contribution in [0.1, 0.15) is 22.3 Å². The van der Waals surface area contributed by atoms with Crippen molar-refractivity contribution in [3.05, 3.63) is 132 Å². The zero-order valence-corrected chi connectivity index (χ0v) is 28.2. The molecule has 0 aliphatic carbocycles. The van der Waals surface area contributed by atoms with Crippen LogP contribution in [0, 0.1) is 0 Å². The number of halogens is 2. The second-order valence-electron chi connectivity index (χ2n) is 10.1. The van der Waals surface area contributed by atoms with Gasteiger partial charge in [-0.05, 0) is 23.3 Å². The third kappa shape index (κ3) is 10.6. The van der Waals surface area contributed by atoms with Crippen LogP contribution in [0.4, 0.5) is 0 Å². The van der Waals surface area contributed by atoms with Gasteiger partial charge in [0.15, 0.2) is 37.9 Å². The molecule has 0 fully saturated rings. The molecule has 5 rings (SSSR count). The molecule has 44 heavy (non-hydrogen) atoms. The van der Waals surface area contributed by atoms with Gasteiger partial charge in [0, 0.05) is 46.5 Å². The van der Waals surface area contributed by atoms with E-state index in [9.17, 15) is 9.13 Å². The summed E-state index contributed by atoms with van der Waals surface area (Å²) in [6.07, 6.45) is 7.29. The van der Waals surface area contributed by atoms with Gasteiger partial charge in [-0.25, -0.2) is 9.13 Å². The minimum absolute atomic E-state index is 0. The molecule has 0 aliphatic rings. The van der Waals surface area contributed by atoms with Crippen molar-refractivity contribution in [3.8, 4) is 22.5 Å². The zero-order valence-electron chi connectivity index (χ0n) is 23.3. The molecule has 0 unspecified atom stereocenters. The summed E-state index contributed by atoms with van der Waals surface area (Å²) in [6.45, 7) is 1.24. The summed E-state index contributed by atoms with van der Waals surface area (Å²) in [5.74, 6) is 0. The van der Waals surface area contributed by atoms with Gasteiger partial charge in [-0.2, -0.15) is 0 Å². The van der Waals surface area contributed by atoms with E-state index < -0.39 is 15.2 Å². The van der Waals surface area contributed by atoms with E-state index in [1.54, 1.807) is 24.3 Å². The zero-order chi connectivity index (χ0) is 29.7. The minimum Gasteiger partial charge on any atom is -1.00 e. The van der Waals surface area contributed by atoms with Gasteiger partial charge in [0.05, 0.1) is 23.7 Å². The lowest BCUT2D eigenvalue weighted by Gasteiger charge is -2.05. The van der Waals surface area contributed by atoms with E-state index in [2.05, 4.69) is 10.2 Å². The third-order valence-electron chi connectivity index (χ3n) is 6.59. The molecule has 0 aliphatic heterocycles. The lowest BCUT2D eigenvalue weighted by Crippen LogP contribution is -3.00. The molecule has 14 heteroatoms. The summed E-state index contributed by atoms with van der Waals surface area (Å²) in [6, 6.07) is 26.2. The van der Waals surface area contributed by atoms with Crippen molar-refractivity contribution in [2.75, 3.05) is 0 Å². The molecule has 3 heterocycles. The molecule has 4 N–H and O–H groups in total. The predicted octanol–water partition coefficient (Wildman–Crippen LogP) is -2.15. The smallest absolute Gasteiger partial charge is 0.329 e. The van der Waals surface area contributed by atoms with E-state index in [1.165, 1.54) is 0 Å². The molecule has 3 aromatic heterocycles. The lowest BCUT2D eigenvalue weighted by atomic mass is 10.1. The van der Waals surface area contributed by atoms with Gasteiger partial charge in [-0.1, -0.05) is 48.5 Å². The van der Waals surface area contributed by atoms with E-state index in [4.69, 9.17) is 19.6 Å². The highest BCUT2D eigenvalue weighted by Gasteiger charge is 2.15. The van der Waals surface area contributed by atoms with Gasteiger partial charge in [0.1, 0.15) is 0 Å². The van der Waals surface area contributed by atoms with Crippen molar-refractivity contribution in [1.82, 2.24) is 10.2 Å². The molecule has 2 aromatic carbocycles. The fourth-order valence-electron chi connectivity index (χ4n) is 4.50. The van der Waals surface area contributed by atoms with Gasteiger partial charge in [0.2, 0.25) is 0 Å².